The Hall–Kier alpha value is -1.00. The fourth-order valence-corrected chi connectivity index (χ4v) is 2.03. The Kier molecular flexibility index (Phi) is 2.48. The van der Waals surface area contributed by atoms with Crippen LogP contribution in [0.3, 0.4) is 0 Å². The number of aryl methyl sites for hydroxylation is 1. The zero-order valence-electron chi connectivity index (χ0n) is 7.50. The van der Waals surface area contributed by atoms with Crippen molar-refractivity contribution in [2.24, 2.45) is 0 Å². The number of hydrogen-bond acceptors (Lipinski definition) is 2. The van der Waals surface area contributed by atoms with E-state index in [-0.39, 0.29) is 5.82 Å². The predicted molar refractivity (Wildman–Crippen MR) is 59.6 cm³/mol. The average molecular weight is 225 g/mol. The number of H-pyrrole nitrogens is 1. The Labute approximate surface area is 90.2 Å². The van der Waals surface area contributed by atoms with Crippen LogP contribution >= 0.6 is 23.6 Å². The van der Waals surface area contributed by atoms with Crippen LogP contribution in [0.5, 0.6) is 0 Å². The minimum absolute atomic E-state index is 0.187. The summed E-state index contributed by atoms with van der Waals surface area (Å²) in [4.78, 5) is 3.01. The summed E-state index contributed by atoms with van der Waals surface area (Å²) < 4.78 is 13.9. The van der Waals surface area contributed by atoms with Gasteiger partial charge in [-0.1, -0.05) is 12.1 Å². The normalized spacial score (nSPS) is 10.4. The van der Waals surface area contributed by atoms with Gasteiger partial charge in [0.15, 0.2) is 3.95 Å². The van der Waals surface area contributed by atoms with Crippen molar-refractivity contribution in [3.63, 3.8) is 0 Å². The molecule has 1 N–H and O–H groups in total. The highest BCUT2D eigenvalue weighted by Crippen LogP contribution is 2.21. The van der Waals surface area contributed by atoms with Gasteiger partial charge in [0, 0.05) is 10.9 Å². The van der Waals surface area contributed by atoms with Crippen LogP contribution in [0.1, 0.15) is 5.56 Å². The first-order valence-electron chi connectivity index (χ1n) is 4.11. The van der Waals surface area contributed by atoms with E-state index in [2.05, 4.69) is 4.98 Å². The van der Waals surface area contributed by atoms with Crippen LogP contribution in [-0.2, 0) is 0 Å². The summed E-state index contributed by atoms with van der Waals surface area (Å²) in [5, 5.41) is 1.90. The van der Waals surface area contributed by atoms with E-state index in [1.165, 1.54) is 17.4 Å². The van der Waals surface area contributed by atoms with Gasteiger partial charge >= 0.3 is 0 Å². The molecule has 0 fully saturated rings. The second-order valence-corrected chi connectivity index (χ2v) is 4.57. The number of nitrogens with one attached hydrogen (secondary N) is 1. The summed E-state index contributed by atoms with van der Waals surface area (Å²) in [7, 11) is 0. The molecule has 1 heterocycles. The second kappa shape index (κ2) is 3.63. The maximum Gasteiger partial charge on any atom is 0.158 e. The Morgan fingerprint density at radius 1 is 1.43 bits per heavy atom. The number of thiazole rings is 1. The van der Waals surface area contributed by atoms with Crippen molar-refractivity contribution in [3.05, 3.63) is 38.9 Å². The van der Waals surface area contributed by atoms with E-state index in [9.17, 15) is 4.39 Å². The van der Waals surface area contributed by atoms with Crippen molar-refractivity contribution < 1.29 is 4.39 Å². The smallest absolute Gasteiger partial charge is 0.158 e. The highest BCUT2D eigenvalue weighted by molar-refractivity contribution is 7.73. The third-order valence-electron chi connectivity index (χ3n) is 2.00. The minimum atomic E-state index is -0.187. The van der Waals surface area contributed by atoms with E-state index in [4.69, 9.17) is 12.2 Å². The van der Waals surface area contributed by atoms with E-state index in [0.29, 0.717) is 9.52 Å². The van der Waals surface area contributed by atoms with E-state index in [0.717, 1.165) is 11.3 Å². The lowest BCUT2D eigenvalue weighted by molar-refractivity contribution is 0.619. The van der Waals surface area contributed by atoms with Gasteiger partial charge in [0.25, 0.3) is 0 Å². The fourth-order valence-electron chi connectivity index (χ4n) is 1.18. The molecule has 0 aliphatic heterocycles. The van der Waals surface area contributed by atoms with Gasteiger partial charge in [-0.3, -0.25) is 0 Å². The summed E-state index contributed by atoms with van der Waals surface area (Å²) in [5.41, 5.74) is 2.36. The maximum atomic E-state index is 13.2. The standard InChI is InChI=1S/C10H8FNS2/c1-6-2-3-7(4-8(6)11)9-5-14-10(13)12-9/h2-5H,1H3,(H,12,13). The lowest BCUT2D eigenvalue weighted by atomic mass is 10.1. The van der Waals surface area contributed by atoms with Crippen molar-refractivity contribution in [1.29, 1.82) is 0 Å². The molecule has 0 atom stereocenters. The van der Waals surface area contributed by atoms with Gasteiger partial charge in [0.1, 0.15) is 5.82 Å². The number of aromatic nitrogens is 1. The third-order valence-corrected chi connectivity index (χ3v) is 3.06. The van der Waals surface area contributed by atoms with Crippen LogP contribution in [0, 0.1) is 16.7 Å². The lowest BCUT2D eigenvalue weighted by Crippen LogP contribution is -1.84. The number of aromatic amines is 1. The minimum Gasteiger partial charge on any atom is -0.337 e. The molecule has 0 unspecified atom stereocenters. The highest BCUT2D eigenvalue weighted by Gasteiger charge is 2.02. The topological polar surface area (TPSA) is 15.8 Å². The molecule has 2 aromatic rings. The maximum absolute atomic E-state index is 13.2. The van der Waals surface area contributed by atoms with Gasteiger partial charge in [-0.05, 0) is 30.8 Å². The molecular weight excluding hydrogens is 217 g/mol. The number of hydrogen-bond donors (Lipinski definition) is 1. The molecule has 0 saturated heterocycles. The highest BCUT2D eigenvalue weighted by atomic mass is 32.1. The molecule has 0 aliphatic rings. The second-order valence-electron chi connectivity index (χ2n) is 3.03. The van der Waals surface area contributed by atoms with E-state index < -0.39 is 0 Å². The van der Waals surface area contributed by atoms with Crippen LogP contribution in [-0.4, -0.2) is 4.98 Å². The van der Waals surface area contributed by atoms with Gasteiger partial charge in [-0.2, -0.15) is 0 Å². The number of rotatable bonds is 1. The fraction of sp³-hybridized carbons (Fsp3) is 0.100. The SMILES string of the molecule is Cc1ccc(-c2csc(=S)[nH]2)cc1F. The molecule has 0 spiro atoms. The van der Waals surface area contributed by atoms with Crippen LogP contribution in [0.15, 0.2) is 23.6 Å². The zero-order chi connectivity index (χ0) is 10.1. The van der Waals surface area contributed by atoms with E-state index in [1.54, 1.807) is 13.0 Å². The van der Waals surface area contributed by atoms with Gasteiger partial charge in [0.2, 0.25) is 0 Å². The number of halogens is 1. The molecule has 0 amide bonds. The summed E-state index contributed by atoms with van der Waals surface area (Å²) in [6.07, 6.45) is 0. The molecule has 2 rings (SSSR count). The molecule has 0 aliphatic carbocycles. The Morgan fingerprint density at radius 3 is 2.79 bits per heavy atom. The van der Waals surface area contributed by atoms with Crippen molar-refractivity contribution in [2.45, 2.75) is 6.92 Å². The van der Waals surface area contributed by atoms with Crippen LogP contribution in [0.2, 0.25) is 0 Å². The Morgan fingerprint density at radius 2 is 2.21 bits per heavy atom. The summed E-state index contributed by atoms with van der Waals surface area (Å²) in [6, 6.07) is 5.16. The van der Waals surface area contributed by atoms with Crippen molar-refractivity contribution >= 4 is 23.6 Å². The Balaban J connectivity index is 2.52. The molecule has 1 nitrogen and oxygen atoms in total. The first-order valence-corrected chi connectivity index (χ1v) is 5.40. The Bertz CT molecular complexity index is 513. The predicted octanol–water partition coefficient (Wildman–Crippen LogP) is 3.92. The quantitative estimate of drug-likeness (QED) is 0.727. The third kappa shape index (κ3) is 1.76. The molecule has 4 heteroatoms. The van der Waals surface area contributed by atoms with Crippen LogP contribution in [0.4, 0.5) is 4.39 Å². The van der Waals surface area contributed by atoms with Crippen molar-refractivity contribution in [3.8, 4) is 11.3 Å². The molecule has 14 heavy (non-hydrogen) atoms. The summed E-state index contributed by atoms with van der Waals surface area (Å²) in [5.74, 6) is -0.187. The van der Waals surface area contributed by atoms with Crippen molar-refractivity contribution in [1.82, 2.24) is 4.98 Å². The zero-order valence-corrected chi connectivity index (χ0v) is 9.14. The van der Waals surface area contributed by atoms with Gasteiger partial charge < -0.3 is 4.98 Å². The molecule has 0 radical (unpaired) electrons. The number of benzene rings is 1. The molecule has 1 aromatic heterocycles. The molecule has 1 aromatic carbocycles. The van der Waals surface area contributed by atoms with E-state index in [1.807, 2.05) is 11.4 Å². The summed E-state index contributed by atoms with van der Waals surface area (Å²) in [6.45, 7) is 1.74. The van der Waals surface area contributed by atoms with Gasteiger partial charge in [0.05, 0.1) is 5.69 Å². The lowest BCUT2D eigenvalue weighted by Gasteiger charge is -1.99. The van der Waals surface area contributed by atoms with Crippen LogP contribution < -0.4 is 0 Å². The molecule has 72 valence electrons. The van der Waals surface area contributed by atoms with Crippen molar-refractivity contribution in [2.75, 3.05) is 0 Å². The summed E-state index contributed by atoms with van der Waals surface area (Å²) >= 11 is 6.41. The molecule has 0 saturated carbocycles. The largest absolute Gasteiger partial charge is 0.337 e. The molecular formula is C10H8FNS2. The first kappa shape index (κ1) is 9.55. The molecule has 0 bridgehead atoms. The first-order chi connectivity index (χ1) is 6.66. The monoisotopic (exact) mass is 225 g/mol. The van der Waals surface area contributed by atoms with Crippen LogP contribution in [0.25, 0.3) is 11.3 Å². The van der Waals surface area contributed by atoms with Gasteiger partial charge in [-0.25, -0.2) is 4.39 Å². The van der Waals surface area contributed by atoms with Gasteiger partial charge in [-0.15, -0.1) is 11.3 Å². The average Bonchev–Trinajstić information content (AvgIpc) is 2.57. The van der Waals surface area contributed by atoms with E-state index >= 15 is 0 Å².